The number of rotatable bonds is 2. The fraction of sp³-hybridized carbons (Fsp3) is 0.357. The lowest BCUT2D eigenvalue weighted by molar-refractivity contribution is 0.0605. The van der Waals surface area contributed by atoms with Crippen LogP contribution in [0.1, 0.15) is 40.8 Å². The summed E-state index contributed by atoms with van der Waals surface area (Å²) in [7, 11) is 0. The van der Waals surface area contributed by atoms with Crippen molar-refractivity contribution >= 4 is 17.2 Å². The van der Waals surface area contributed by atoms with Crippen molar-refractivity contribution < 1.29 is 4.79 Å². The van der Waals surface area contributed by atoms with Crippen LogP contribution in [0.2, 0.25) is 0 Å². The molecular weight excluding hydrogens is 274 g/mol. The molecule has 0 unspecified atom stereocenters. The summed E-state index contributed by atoms with van der Waals surface area (Å²) in [4.78, 5) is 32.7. The Bertz CT molecular complexity index is 650. The van der Waals surface area contributed by atoms with E-state index in [2.05, 4.69) is 9.97 Å². The number of hydrogen-bond donors (Lipinski definition) is 1. The zero-order valence-corrected chi connectivity index (χ0v) is 11.7. The minimum absolute atomic E-state index is 0.0277. The third kappa shape index (κ3) is 2.51. The second kappa shape index (κ2) is 5.58. The number of carbonyl (C=O) groups is 1. The number of piperidine rings is 1. The molecule has 1 atom stereocenters. The van der Waals surface area contributed by atoms with Crippen LogP contribution in [-0.2, 0) is 0 Å². The minimum Gasteiger partial charge on any atom is -0.328 e. The molecule has 0 saturated carbocycles. The van der Waals surface area contributed by atoms with E-state index in [1.54, 1.807) is 29.7 Å². The molecule has 0 radical (unpaired) electrons. The summed E-state index contributed by atoms with van der Waals surface area (Å²) >= 11 is 1.57. The van der Waals surface area contributed by atoms with Crippen molar-refractivity contribution in [2.45, 2.75) is 25.3 Å². The molecule has 2 aromatic rings. The van der Waals surface area contributed by atoms with E-state index in [4.69, 9.17) is 0 Å². The van der Waals surface area contributed by atoms with Crippen LogP contribution in [0.3, 0.4) is 0 Å². The molecule has 5 nitrogen and oxygen atoms in total. The van der Waals surface area contributed by atoms with Gasteiger partial charge < -0.3 is 9.88 Å². The Labute approximate surface area is 120 Å². The molecule has 0 aromatic carbocycles. The number of amides is 1. The van der Waals surface area contributed by atoms with Gasteiger partial charge in [-0.3, -0.25) is 9.59 Å². The average Bonchev–Trinajstić information content (AvgIpc) is 3.00. The number of hydrogen-bond acceptors (Lipinski definition) is 4. The zero-order chi connectivity index (χ0) is 13.9. The number of aromatic nitrogens is 2. The molecule has 3 heterocycles. The Kier molecular flexibility index (Phi) is 3.64. The van der Waals surface area contributed by atoms with Crippen LogP contribution in [0.25, 0.3) is 0 Å². The predicted octanol–water partition coefficient (Wildman–Crippen LogP) is 2.20. The normalized spacial score (nSPS) is 19.0. The molecule has 3 rings (SSSR count). The quantitative estimate of drug-likeness (QED) is 0.921. The summed E-state index contributed by atoms with van der Waals surface area (Å²) in [6, 6.07) is 4.69. The first-order chi connectivity index (χ1) is 9.75. The maximum absolute atomic E-state index is 12.6. The first-order valence-corrected chi connectivity index (χ1v) is 7.53. The number of thiazole rings is 1. The zero-order valence-electron chi connectivity index (χ0n) is 10.9. The Morgan fingerprint density at radius 1 is 1.40 bits per heavy atom. The largest absolute Gasteiger partial charge is 0.328 e. The lowest BCUT2D eigenvalue weighted by Crippen LogP contribution is -2.39. The average molecular weight is 289 g/mol. The van der Waals surface area contributed by atoms with E-state index < -0.39 is 0 Å². The summed E-state index contributed by atoms with van der Waals surface area (Å²) in [5.41, 5.74) is 0.0969. The first kappa shape index (κ1) is 13.1. The Balaban J connectivity index is 1.90. The van der Waals surface area contributed by atoms with Gasteiger partial charge >= 0.3 is 0 Å². The van der Waals surface area contributed by atoms with Crippen molar-refractivity contribution in [2.24, 2.45) is 0 Å². The van der Waals surface area contributed by atoms with Crippen LogP contribution in [0.15, 0.2) is 34.6 Å². The topological polar surface area (TPSA) is 66.1 Å². The third-order valence-corrected chi connectivity index (χ3v) is 4.38. The molecule has 2 aromatic heterocycles. The number of likely N-dealkylation sites (tertiary alicyclic amines) is 1. The van der Waals surface area contributed by atoms with Crippen LogP contribution in [0.4, 0.5) is 0 Å². The summed E-state index contributed by atoms with van der Waals surface area (Å²) in [6.07, 6.45) is 4.78. The van der Waals surface area contributed by atoms with Crippen molar-refractivity contribution in [3.63, 3.8) is 0 Å². The monoisotopic (exact) mass is 289 g/mol. The van der Waals surface area contributed by atoms with Gasteiger partial charge in [0.2, 0.25) is 5.56 Å². The molecule has 1 saturated heterocycles. The van der Waals surface area contributed by atoms with Gasteiger partial charge in [-0.25, -0.2) is 4.98 Å². The number of pyridine rings is 1. The molecule has 0 spiro atoms. The highest BCUT2D eigenvalue weighted by Gasteiger charge is 2.30. The van der Waals surface area contributed by atoms with Crippen LogP contribution in [0.5, 0.6) is 0 Å². The van der Waals surface area contributed by atoms with Gasteiger partial charge in [-0.05, 0) is 25.3 Å². The van der Waals surface area contributed by atoms with E-state index in [9.17, 15) is 9.59 Å². The molecule has 20 heavy (non-hydrogen) atoms. The maximum atomic E-state index is 12.6. The molecule has 1 N–H and O–H groups in total. The van der Waals surface area contributed by atoms with E-state index in [0.29, 0.717) is 12.2 Å². The molecule has 104 valence electrons. The fourth-order valence-electron chi connectivity index (χ4n) is 2.56. The highest BCUT2D eigenvalue weighted by molar-refractivity contribution is 7.09. The third-order valence-electron chi connectivity index (χ3n) is 3.50. The Hall–Kier alpha value is -1.95. The lowest BCUT2D eigenvalue weighted by Gasteiger charge is -2.34. The predicted molar refractivity (Wildman–Crippen MR) is 76.8 cm³/mol. The molecular formula is C14H15N3O2S. The maximum Gasteiger partial charge on any atom is 0.270 e. The number of carbonyl (C=O) groups excluding carboxylic acids is 1. The number of H-pyrrole nitrogens is 1. The van der Waals surface area contributed by atoms with Gasteiger partial charge in [0.05, 0.1) is 6.04 Å². The molecule has 0 bridgehead atoms. The van der Waals surface area contributed by atoms with E-state index in [0.717, 1.165) is 24.3 Å². The van der Waals surface area contributed by atoms with Crippen molar-refractivity contribution in [1.82, 2.24) is 14.9 Å². The number of aromatic amines is 1. The lowest BCUT2D eigenvalue weighted by atomic mass is 10.0. The fourth-order valence-corrected chi connectivity index (χ4v) is 3.34. The molecule has 6 heteroatoms. The Morgan fingerprint density at radius 3 is 3.05 bits per heavy atom. The van der Waals surface area contributed by atoms with E-state index in [1.165, 1.54) is 6.07 Å². The second-order valence-electron chi connectivity index (χ2n) is 4.81. The minimum atomic E-state index is -0.251. The van der Waals surface area contributed by atoms with E-state index >= 15 is 0 Å². The van der Waals surface area contributed by atoms with Crippen molar-refractivity contribution in [3.8, 4) is 0 Å². The van der Waals surface area contributed by atoms with Crippen molar-refractivity contribution in [3.05, 3.63) is 50.8 Å². The van der Waals surface area contributed by atoms with Gasteiger partial charge in [0, 0.05) is 24.2 Å². The standard InChI is InChI=1S/C14H15N3O2S/c18-12-6-3-4-10(16-12)14(19)17-8-2-1-5-11(17)13-15-7-9-20-13/h3-4,6-7,9,11H,1-2,5,8H2,(H,16,18)/t11-/m0/s1. The van der Waals surface area contributed by atoms with Crippen LogP contribution < -0.4 is 5.56 Å². The number of nitrogens with zero attached hydrogens (tertiary/aromatic N) is 2. The molecule has 1 amide bonds. The van der Waals surface area contributed by atoms with Crippen LogP contribution in [-0.4, -0.2) is 27.3 Å². The van der Waals surface area contributed by atoms with Crippen molar-refractivity contribution in [1.29, 1.82) is 0 Å². The summed E-state index contributed by atoms with van der Waals surface area (Å²) < 4.78 is 0. The molecule has 0 aliphatic carbocycles. The van der Waals surface area contributed by atoms with Gasteiger partial charge in [0.15, 0.2) is 0 Å². The Morgan fingerprint density at radius 2 is 2.30 bits per heavy atom. The molecule has 1 aliphatic heterocycles. The second-order valence-corrected chi connectivity index (χ2v) is 5.74. The SMILES string of the molecule is O=C(c1cccc(=O)[nH]1)N1CCCC[C@H]1c1nccs1. The highest BCUT2D eigenvalue weighted by atomic mass is 32.1. The van der Waals surface area contributed by atoms with E-state index in [-0.39, 0.29) is 17.5 Å². The van der Waals surface area contributed by atoms with Crippen molar-refractivity contribution in [2.75, 3.05) is 6.54 Å². The van der Waals surface area contributed by atoms with Gasteiger partial charge in [-0.1, -0.05) is 6.07 Å². The van der Waals surface area contributed by atoms with Crippen LogP contribution >= 0.6 is 11.3 Å². The summed E-state index contributed by atoms with van der Waals surface area (Å²) in [5, 5.41) is 2.90. The summed E-state index contributed by atoms with van der Waals surface area (Å²) in [6.45, 7) is 0.708. The van der Waals surface area contributed by atoms with Gasteiger partial charge in [-0.15, -0.1) is 11.3 Å². The van der Waals surface area contributed by atoms with E-state index in [1.807, 2.05) is 10.3 Å². The first-order valence-electron chi connectivity index (χ1n) is 6.65. The smallest absolute Gasteiger partial charge is 0.270 e. The molecule has 1 fully saturated rings. The van der Waals surface area contributed by atoms with Crippen LogP contribution in [0, 0.1) is 0 Å². The number of nitrogens with one attached hydrogen (secondary N) is 1. The highest BCUT2D eigenvalue weighted by Crippen LogP contribution is 2.32. The van der Waals surface area contributed by atoms with Gasteiger partial charge in [0.25, 0.3) is 5.91 Å². The summed E-state index contributed by atoms with van der Waals surface area (Å²) in [5.74, 6) is -0.123. The van der Waals surface area contributed by atoms with Gasteiger partial charge in [0.1, 0.15) is 10.7 Å². The van der Waals surface area contributed by atoms with Gasteiger partial charge in [-0.2, -0.15) is 0 Å². The molecule has 1 aliphatic rings.